The summed E-state index contributed by atoms with van der Waals surface area (Å²) in [6.45, 7) is 18.5. The first-order chi connectivity index (χ1) is 61.2. The van der Waals surface area contributed by atoms with Crippen LogP contribution >= 0.6 is 12.2 Å². The van der Waals surface area contributed by atoms with Crippen molar-refractivity contribution in [3.63, 3.8) is 0 Å². The van der Waals surface area contributed by atoms with Crippen LogP contribution in [0, 0.1) is 30.6 Å². The van der Waals surface area contributed by atoms with Gasteiger partial charge < -0.3 is 123 Å². The van der Waals surface area contributed by atoms with E-state index < -0.39 is 101 Å². The van der Waals surface area contributed by atoms with Crippen LogP contribution in [-0.4, -0.2) is 307 Å². The quantitative estimate of drug-likeness (QED) is 0.00714. The zero-order valence-electron chi connectivity index (χ0n) is 75.5. The number of nitrogens with two attached hydrogens (primary N) is 2. The second-order valence-electron chi connectivity index (χ2n) is 33.2. The third kappa shape index (κ3) is 35.1. The molecule has 32 nitrogen and oxygen atoms in total. The minimum absolute atomic E-state index is 0.0255. The molecule has 16 atom stereocenters. The number of fused-ring (bicyclic) bond motifs is 4. The predicted molar refractivity (Wildman–Crippen MR) is 481 cm³/mol. The fraction of sp³-hybridized carbons (Fsp3) is 0.656. The Bertz CT molecular complexity index is 4010. The van der Waals surface area contributed by atoms with Gasteiger partial charge in [-0.2, -0.15) is 0 Å². The van der Waals surface area contributed by atoms with Crippen LogP contribution in [0.2, 0.25) is 0 Å². The number of amides is 3. The van der Waals surface area contributed by atoms with E-state index in [0.29, 0.717) is 217 Å². The standard InChI is InChI=1S/C93H139N7O25S2/c1-62-16-11-10-12-17-63(2)79(111-7)58-72-18-15-29-93(109,125-72)88(105)90(107)100-32-14-13-19-76(100)91(108)123-81(59-80(112-8)65(4)53-67(6)86(103)87(104)85(102)66(5)52-62)75(94)55-68-20-25-78(82(56-68)113-9)124-92(126)97-30-35-115-38-40-117-42-44-119-46-48-121-50-49-120-47-45-118-43-41-116-39-37-114-34-28-84(101)96-31-51-127(110)73-23-24-74(64(3)54-73)89(106)99-33-36-122-77-26-21-69(57-71(77)61-99)70-22-27-83(95)98-60-70/h10-12,16-17,21-24,26-27,53-54,57,60,62,65-66,68,72,75-76,78-82,86-87,103-104,109H,13-15,18-20,25,28-52,55-56,58-59,61,94H2,1-9H3,(H2,95,98)(H,96,101)(H,97,126)/b12-10+,16-11+,63-17+,67-53+/t62-,65-,66-,68+,72+,75-,76+,78-,79+,80-,81+,82-,86-,87+,93-,127?/m1/s1. The summed E-state index contributed by atoms with van der Waals surface area (Å²) in [5.41, 5.74) is 18.1. The third-order valence-electron chi connectivity index (χ3n) is 23.5. The zero-order chi connectivity index (χ0) is 91.6. The van der Waals surface area contributed by atoms with E-state index in [1.165, 1.54) is 12.0 Å². The van der Waals surface area contributed by atoms with E-state index in [1.807, 2.05) is 82.3 Å². The number of hydrogen-bond acceptors (Lipinski definition) is 29. The summed E-state index contributed by atoms with van der Waals surface area (Å²) in [4.78, 5) is 91.1. The van der Waals surface area contributed by atoms with Gasteiger partial charge in [0.05, 0.1) is 143 Å². The number of ether oxygens (including phenoxy) is 15. The highest BCUT2D eigenvalue weighted by Gasteiger charge is 2.50. The molecule has 0 spiro atoms. The van der Waals surface area contributed by atoms with Crippen LogP contribution in [0.1, 0.15) is 146 Å². The minimum Gasteiger partial charge on any atom is -0.611 e. The zero-order valence-corrected chi connectivity index (χ0v) is 77.2. The number of carbonyl (C=O) groups excluding carboxylic acids is 6. The number of aryl methyl sites for hydroxylation is 1. The number of aromatic nitrogens is 1. The van der Waals surface area contributed by atoms with Crippen molar-refractivity contribution in [2.24, 2.45) is 29.4 Å². The van der Waals surface area contributed by atoms with Gasteiger partial charge in [-0.1, -0.05) is 63.3 Å². The maximum absolute atomic E-state index is 14.8. The fourth-order valence-electron chi connectivity index (χ4n) is 16.2. The lowest BCUT2D eigenvalue weighted by molar-refractivity contribution is -0.245. The Morgan fingerprint density at radius 1 is 0.693 bits per heavy atom. The van der Waals surface area contributed by atoms with Crippen LogP contribution in [0.15, 0.2) is 107 Å². The number of allylic oxidation sites excluding steroid dienone is 5. The molecule has 708 valence electrons. The first-order valence-corrected chi connectivity index (χ1v) is 46.4. The van der Waals surface area contributed by atoms with Crippen molar-refractivity contribution in [2.45, 2.75) is 210 Å². The van der Waals surface area contributed by atoms with Gasteiger partial charge in [-0.15, -0.1) is 0 Å². The summed E-state index contributed by atoms with van der Waals surface area (Å²) in [6, 6.07) is 12.7. The first kappa shape index (κ1) is 105. The van der Waals surface area contributed by atoms with E-state index >= 15 is 0 Å². The SMILES string of the molecule is CO[C@H]1C[C@@H]2CCC[C@@](O)(O2)C(=O)C(=O)N2CCCC[C@H]2C(=O)O[C@H]([C@H](N)C[C@@H]2CC[C@@H](OC(=S)NCCOCCOCCOCCOCCOCCOCCOCCOCCC(=O)NCC[S+]([O-])c3ccc(C(=O)N4CCOc5ccc(-c6ccc(N)nc6)cc5C4)c(C)c3)[C@H](OC)C2)C[C@@H](OC)[C@H](C)/C=C(\C)[C@@H](O)[C@@H](O)C(=O)[C@H](C)C[C@H](C)/C=C/C=C/C=C/1C. The average Bonchev–Trinajstić information content (AvgIpc) is 1.11. The van der Waals surface area contributed by atoms with E-state index in [2.05, 4.69) is 15.6 Å². The highest BCUT2D eigenvalue weighted by molar-refractivity contribution is 7.91. The number of rotatable bonds is 40. The first-order valence-electron chi connectivity index (χ1n) is 44.7. The second-order valence-corrected chi connectivity index (χ2v) is 35.1. The normalized spacial score (nSPS) is 27.1. The third-order valence-corrected chi connectivity index (χ3v) is 25.1. The Morgan fingerprint density at radius 2 is 1.35 bits per heavy atom. The summed E-state index contributed by atoms with van der Waals surface area (Å²) in [6.07, 6.45) is 11.2. The molecule has 2 saturated heterocycles. The van der Waals surface area contributed by atoms with Gasteiger partial charge in [0.15, 0.2) is 10.7 Å². The lowest BCUT2D eigenvalue weighted by atomic mass is 9.80. The summed E-state index contributed by atoms with van der Waals surface area (Å²) in [7, 11) is 4.68. The Morgan fingerprint density at radius 3 is 1.98 bits per heavy atom. The van der Waals surface area contributed by atoms with Crippen LogP contribution in [0.3, 0.4) is 0 Å². The number of pyridine rings is 1. The van der Waals surface area contributed by atoms with Crippen molar-refractivity contribution < 1.29 is 120 Å². The molecular formula is C93H139N7O25S2. The number of benzene rings is 2. The van der Waals surface area contributed by atoms with Crippen LogP contribution in [0.5, 0.6) is 5.75 Å². The fourth-order valence-corrected chi connectivity index (χ4v) is 17.5. The van der Waals surface area contributed by atoms with Gasteiger partial charge >= 0.3 is 5.97 Å². The largest absolute Gasteiger partial charge is 0.611 e. The summed E-state index contributed by atoms with van der Waals surface area (Å²) < 4.78 is 101. The molecule has 4 aliphatic heterocycles. The number of ketones is 2. The maximum atomic E-state index is 14.8. The monoisotopic (exact) mass is 1820 g/mol. The maximum Gasteiger partial charge on any atom is 0.329 e. The predicted octanol–water partition coefficient (Wildman–Crippen LogP) is 7.75. The molecule has 5 heterocycles. The topological polar surface area (TPSA) is 420 Å². The molecule has 1 aliphatic carbocycles. The molecule has 0 radical (unpaired) electrons. The number of Topliss-reactive ketones (excluding diaryl/α,β-unsaturated/α-hetero) is 2. The van der Waals surface area contributed by atoms with Gasteiger partial charge in [-0.05, 0) is 185 Å². The molecule has 1 unspecified atom stereocenters. The van der Waals surface area contributed by atoms with Gasteiger partial charge in [-0.3, -0.25) is 24.0 Å². The highest BCUT2D eigenvalue weighted by atomic mass is 32.2. The van der Waals surface area contributed by atoms with Crippen molar-refractivity contribution in [1.29, 1.82) is 0 Å². The number of piperidine rings is 1. The number of carbonyl (C=O) groups is 6. The number of aliphatic hydroxyl groups is 3. The molecule has 34 heteroatoms. The Kier molecular flexibility index (Phi) is 46.7. The van der Waals surface area contributed by atoms with E-state index in [0.717, 1.165) is 28.0 Å². The Labute approximate surface area is 757 Å². The van der Waals surface area contributed by atoms with Gasteiger partial charge in [0.1, 0.15) is 54.4 Å². The molecule has 1 aromatic heterocycles. The van der Waals surface area contributed by atoms with Gasteiger partial charge in [0.25, 0.3) is 22.8 Å². The number of cyclic esters (lactones) is 1. The summed E-state index contributed by atoms with van der Waals surface area (Å²) in [5, 5.41) is 40.7. The molecule has 1 saturated carbocycles. The van der Waals surface area contributed by atoms with Gasteiger partial charge in [-0.25, -0.2) is 9.78 Å². The molecule has 2 bridgehead atoms. The van der Waals surface area contributed by atoms with Crippen molar-refractivity contribution in [1.82, 2.24) is 25.4 Å². The van der Waals surface area contributed by atoms with Crippen LogP contribution in [0.4, 0.5) is 5.82 Å². The Balaban J connectivity index is 0.637. The molecular weight excluding hydrogens is 1680 g/mol. The second kappa shape index (κ2) is 56.5. The number of esters is 1. The van der Waals surface area contributed by atoms with Crippen molar-refractivity contribution >= 4 is 69.6 Å². The smallest absolute Gasteiger partial charge is 0.329 e. The molecule has 2 aromatic carbocycles. The summed E-state index contributed by atoms with van der Waals surface area (Å²) in [5.74, 6) is -6.02. The van der Waals surface area contributed by atoms with Gasteiger partial charge in [0.2, 0.25) is 11.7 Å². The molecule has 8 rings (SSSR count). The molecule has 3 amide bonds. The minimum atomic E-state index is -2.43. The van der Waals surface area contributed by atoms with Crippen LogP contribution < -0.4 is 26.8 Å². The number of nitrogens with zero attached hydrogens (tertiary/aromatic N) is 3. The number of nitrogen functional groups attached to an aromatic ring is 1. The number of aliphatic hydroxyl groups excluding tert-OH is 2. The van der Waals surface area contributed by atoms with E-state index in [-0.39, 0.29) is 92.2 Å². The van der Waals surface area contributed by atoms with E-state index in [9.17, 15) is 48.6 Å². The number of thiocarbonyl (C=S) groups is 1. The molecule has 3 fully saturated rings. The molecule has 9 N–H and O–H groups in total. The van der Waals surface area contributed by atoms with Crippen molar-refractivity contribution in [3.05, 3.63) is 119 Å². The average molecular weight is 1820 g/mol. The number of nitrogens with one attached hydrogen (secondary N) is 2. The van der Waals surface area contributed by atoms with E-state index in [1.54, 1.807) is 69.5 Å². The number of anilines is 1. The highest BCUT2D eigenvalue weighted by Crippen LogP contribution is 2.37. The molecule has 5 aliphatic rings. The lowest BCUT2D eigenvalue weighted by Crippen LogP contribution is -2.58. The van der Waals surface area contributed by atoms with Crippen molar-refractivity contribution in [2.75, 3.05) is 171 Å². The van der Waals surface area contributed by atoms with Crippen molar-refractivity contribution in [3.8, 4) is 16.9 Å². The molecule has 127 heavy (non-hydrogen) atoms. The van der Waals surface area contributed by atoms with Crippen LogP contribution in [-0.2, 0) is 108 Å². The molecule has 3 aromatic rings. The lowest BCUT2D eigenvalue weighted by Gasteiger charge is -2.40. The van der Waals surface area contributed by atoms with E-state index in [4.69, 9.17) is 94.7 Å². The van der Waals surface area contributed by atoms with Gasteiger partial charge in [0, 0.05) is 107 Å². The number of methoxy groups -OCH3 is 3. The number of hydrogen-bond donors (Lipinski definition) is 7. The summed E-state index contributed by atoms with van der Waals surface area (Å²) >= 11 is 4.20. The van der Waals surface area contributed by atoms with Crippen LogP contribution in [0.25, 0.3) is 11.1 Å². The Hall–Kier alpha value is -7.27.